The number of carbonyl (C=O) groups is 1. The molecule has 0 fully saturated rings. The van der Waals surface area contributed by atoms with E-state index in [9.17, 15) is 13.6 Å². The van der Waals surface area contributed by atoms with Crippen molar-refractivity contribution in [3.8, 4) is 23.3 Å². The lowest BCUT2D eigenvalue weighted by molar-refractivity contribution is -0.286. The van der Waals surface area contributed by atoms with Crippen molar-refractivity contribution in [2.24, 2.45) is 0 Å². The van der Waals surface area contributed by atoms with Gasteiger partial charge in [0, 0.05) is 11.6 Å². The molecule has 1 aliphatic rings. The summed E-state index contributed by atoms with van der Waals surface area (Å²) in [5.41, 5.74) is 0.488. The molecule has 0 N–H and O–H groups in total. The fourth-order valence-electron chi connectivity index (χ4n) is 1.22. The summed E-state index contributed by atoms with van der Waals surface area (Å²) in [6.07, 6.45) is -2.85. The van der Waals surface area contributed by atoms with Crippen LogP contribution in [0.3, 0.4) is 0 Å². The molecule has 0 atom stereocenters. The summed E-state index contributed by atoms with van der Waals surface area (Å²) in [6.45, 7) is 0. The van der Waals surface area contributed by atoms with Crippen molar-refractivity contribution in [3.05, 3.63) is 23.8 Å². The highest BCUT2D eigenvalue weighted by Crippen LogP contribution is 2.40. The molecule has 1 aliphatic heterocycles. The zero-order chi connectivity index (χ0) is 11.6. The van der Waals surface area contributed by atoms with Crippen molar-refractivity contribution >= 4 is 6.29 Å². The van der Waals surface area contributed by atoms with E-state index in [0.717, 1.165) is 0 Å². The van der Waals surface area contributed by atoms with Gasteiger partial charge in [-0.05, 0) is 12.1 Å². The zero-order valence-electron chi connectivity index (χ0n) is 8.00. The standard InChI is InChI=1S/C11H6F2O3/c12-11(13)15-9-5-4-8(3-1-2-6-14)7-10(9)16-11/h4-7H,2H2. The molecule has 0 bridgehead atoms. The largest absolute Gasteiger partial charge is 0.586 e. The zero-order valence-corrected chi connectivity index (χ0v) is 8.00. The Labute approximate surface area is 90.0 Å². The quantitative estimate of drug-likeness (QED) is 0.540. The van der Waals surface area contributed by atoms with E-state index in [1.807, 2.05) is 0 Å². The molecule has 82 valence electrons. The van der Waals surface area contributed by atoms with Crippen LogP contribution < -0.4 is 9.47 Å². The van der Waals surface area contributed by atoms with Gasteiger partial charge in [-0.2, -0.15) is 0 Å². The third-order valence-corrected chi connectivity index (χ3v) is 1.82. The van der Waals surface area contributed by atoms with Crippen LogP contribution in [0.1, 0.15) is 12.0 Å². The summed E-state index contributed by atoms with van der Waals surface area (Å²) in [6, 6.07) is 4.20. The van der Waals surface area contributed by atoms with Crippen molar-refractivity contribution < 1.29 is 23.0 Å². The fourth-order valence-corrected chi connectivity index (χ4v) is 1.22. The normalized spacial score (nSPS) is 15.1. The lowest BCUT2D eigenvalue weighted by Crippen LogP contribution is -2.25. The van der Waals surface area contributed by atoms with Gasteiger partial charge in [-0.25, -0.2) is 0 Å². The van der Waals surface area contributed by atoms with E-state index < -0.39 is 6.29 Å². The number of benzene rings is 1. The molecule has 0 aliphatic carbocycles. The van der Waals surface area contributed by atoms with Crippen LogP contribution in [0.5, 0.6) is 11.5 Å². The van der Waals surface area contributed by atoms with Crippen LogP contribution in [0, 0.1) is 11.8 Å². The highest BCUT2D eigenvalue weighted by atomic mass is 19.3. The second-order valence-electron chi connectivity index (χ2n) is 3.00. The number of ether oxygens (including phenoxy) is 2. The van der Waals surface area contributed by atoms with Crippen LogP contribution in [0.4, 0.5) is 8.78 Å². The van der Waals surface area contributed by atoms with Crippen LogP contribution in [0.15, 0.2) is 18.2 Å². The van der Waals surface area contributed by atoms with Gasteiger partial charge in [-0.1, -0.05) is 11.8 Å². The van der Waals surface area contributed by atoms with Gasteiger partial charge in [-0.15, -0.1) is 8.78 Å². The molecule has 5 heteroatoms. The van der Waals surface area contributed by atoms with Gasteiger partial charge >= 0.3 is 6.29 Å². The number of halogens is 2. The highest BCUT2D eigenvalue weighted by Gasteiger charge is 2.43. The minimum absolute atomic E-state index is 0.0223. The van der Waals surface area contributed by atoms with Crippen molar-refractivity contribution in [1.82, 2.24) is 0 Å². The molecule has 0 unspecified atom stereocenters. The predicted molar refractivity (Wildman–Crippen MR) is 50.2 cm³/mol. The Morgan fingerprint density at radius 2 is 2.06 bits per heavy atom. The number of aldehydes is 1. The lowest BCUT2D eigenvalue weighted by atomic mass is 10.2. The van der Waals surface area contributed by atoms with E-state index in [1.54, 1.807) is 0 Å². The average molecular weight is 224 g/mol. The molecule has 0 amide bonds. The summed E-state index contributed by atoms with van der Waals surface area (Å²) in [7, 11) is 0. The second-order valence-corrected chi connectivity index (χ2v) is 3.00. The Bertz CT molecular complexity index is 486. The van der Waals surface area contributed by atoms with E-state index in [1.165, 1.54) is 18.2 Å². The first kappa shape index (κ1) is 10.4. The van der Waals surface area contributed by atoms with Gasteiger partial charge in [0.2, 0.25) is 0 Å². The SMILES string of the molecule is O=CCC#Cc1ccc2c(c1)OC(F)(F)O2. The van der Waals surface area contributed by atoms with Crippen LogP contribution in [-0.2, 0) is 4.79 Å². The Kier molecular flexibility index (Phi) is 2.49. The van der Waals surface area contributed by atoms with Crippen molar-refractivity contribution in [1.29, 1.82) is 0 Å². The Morgan fingerprint density at radius 3 is 2.81 bits per heavy atom. The predicted octanol–water partition coefficient (Wildman–Crippen LogP) is 1.95. The molecule has 3 nitrogen and oxygen atoms in total. The van der Waals surface area contributed by atoms with E-state index in [2.05, 4.69) is 21.3 Å². The maximum absolute atomic E-state index is 12.6. The molecule has 0 aromatic heterocycles. The van der Waals surface area contributed by atoms with Gasteiger partial charge in [0.1, 0.15) is 6.29 Å². The maximum atomic E-state index is 12.6. The molecular formula is C11H6F2O3. The van der Waals surface area contributed by atoms with Gasteiger partial charge in [-0.3, -0.25) is 0 Å². The van der Waals surface area contributed by atoms with Crippen molar-refractivity contribution in [3.63, 3.8) is 0 Å². The Morgan fingerprint density at radius 1 is 1.31 bits per heavy atom. The van der Waals surface area contributed by atoms with Gasteiger partial charge in [0.15, 0.2) is 11.5 Å². The number of alkyl halides is 2. The minimum atomic E-state index is -3.61. The molecule has 1 heterocycles. The molecule has 16 heavy (non-hydrogen) atoms. The highest BCUT2D eigenvalue weighted by molar-refractivity contribution is 5.56. The van der Waals surface area contributed by atoms with E-state index in [-0.39, 0.29) is 17.9 Å². The maximum Gasteiger partial charge on any atom is 0.586 e. The third kappa shape index (κ3) is 2.11. The number of carbonyl (C=O) groups excluding carboxylic acids is 1. The van der Waals surface area contributed by atoms with E-state index in [4.69, 9.17) is 0 Å². The van der Waals surface area contributed by atoms with Crippen molar-refractivity contribution in [2.45, 2.75) is 12.7 Å². The molecule has 2 rings (SSSR count). The minimum Gasteiger partial charge on any atom is -0.395 e. The van der Waals surface area contributed by atoms with Crippen molar-refractivity contribution in [2.75, 3.05) is 0 Å². The first-order chi connectivity index (χ1) is 7.61. The third-order valence-electron chi connectivity index (χ3n) is 1.82. The molecule has 1 aromatic carbocycles. The molecule has 0 spiro atoms. The number of rotatable bonds is 1. The average Bonchev–Trinajstić information content (AvgIpc) is 2.51. The summed E-state index contributed by atoms with van der Waals surface area (Å²) < 4.78 is 33.8. The van der Waals surface area contributed by atoms with E-state index in [0.29, 0.717) is 11.8 Å². The first-order valence-corrected chi connectivity index (χ1v) is 4.43. The monoisotopic (exact) mass is 224 g/mol. The molecule has 0 saturated carbocycles. The van der Waals surface area contributed by atoms with Gasteiger partial charge in [0.05, 0.1) is 6.42 Å². The Balaban J connectivity index is 2.23. The molecule has 1 aromatic rings. The van der Waals surface area contributed by atoms with Gasteiger partial charge < -0.3 is 14.3 Å². The Hall–Kier alpha value is -2.09. The number of hydrogen-bond acceptors (Lipinski definition) is 3. The topological polar surface area (TPSA) is 35.5 Å². The van der Waals surface area contributed by atoms with Crippen LogP contribution in [0.2, 0.25) is 0 Å². The van der Waals surface area contributed by atoms with E-state index >= 15 is 0 Å². The summed E-state index contributed by atoms with van der Waals surface area (Å²) in [4.78, 5) is 10.0. The van der Waals surface area contributed by atoms with Crippen LogP contribution >= 0.6 is 0 Å². The fraction of sp³-hybridized carbons (Fsp3) is 0.182. The summed E-state index contributed by atoms with van der Waals surface area (Å²) in [5.74, 6) is 5.13. The first-order valence-electron chi connectivity index (χ1n) is 4.43. The number of fused-ring (bicyclic) bond motifs is 1. The number of hydrogen-bond donors (Lipinski definition) is 0. The lowest BCUT2D eigenvalue weighted by Gasteiger charge is -2.04. The smallest absolute Gasteiger partial charge is 0.395 e. The summed E-state index contributed by atoms with van der Waals surface area (Å²) >= 11 is 0. The molecular weight excluding hydrogens is 218 g/mol. The molecule has 0 radical (unpaired) electrons. The van der Waals surface area contributed by atoms with Crippen LogP contribution in [0.25, 0.3) is 0 Å². The summed E-state index contributed by atoms with van der Waals surface area (Å²) in [5, 5.41) is 0. The van der Waals surface area contributed by atoms with Gasteiger partial charge in [0.25, 0.3) is 0 Å². The molecule has 0 saturated heterocycles. The second kappa shape index (κ2) is 3.81. The van der Waals surface area contributed by atoms with Crippen LogP contribution in [-0.4, -0.2) is 12.6 Å².